The predicted molar refractivity (Wildman–Crippen MR) is 217 cm³/mol. The Morgan fingerprint density at radius 1 is 0.741 bits per heavy atom. The van der Waals surface area contributed by atoms with Crippen LogP contribution in [0.2, 0.25) is 5.02 Å². The van der Waals surface area contributed by atoms with Crippen LogP contribution < -0.4 is 15.4 Å². The van der Waals surface area contributed by atoms with Gasteiger partial charge in [0.2, 0.25) is 0 Å². The lowest BCUT2D eigenvalue weighted by Gasteiger charge is -2.37. The van der Waals surface area contributed by atoms with E-state index in [9.17, 15) is 9.59 Å². The van der Waals surface area contributed by atoms with E-state index in [1.54, 1.807) is 0 Å². The number of amides is 1. The average molecular weight is 752 g/mol. The number of esters is 1. The molecule has 1 N–H and O–H groups in total. The van der Waals surface area contributed by atoms with Crippen molar-refractivity contribution >= 4 is 38.2 Å². The first kappa shape index (κ1) is 36.7. The number of nitrogens with one attached hydrogen (secondary N) is 1. The van der Waals surface area contributed by atoms with Crippen molar-refractivity contribution in [3.05, 3.63) is 203 Å². The Labute approximate surface area is 323 Å². The van der Waals surface area contributed by atoms with Gasteiger partial charge >= 0.3 is 12.1 Å². The van der Waals surface area contributed by atoms with Gasteiger partial charge in [0.25, 0.3) is 0 Å². The lowest BCUT2D eigenvalue weighted by Crippen LogP contribution is -2.44. The second kappa shape index (κ2) is 16.6. The van der Waals surface area contributed by atoms with Crippen molar-refractivity contribution in [3.63, 3.8) is 0 Å². The van der Waals surface area contributed by atoms with Gasteiger partial charge in [-0.1, -0.05) is 158 Å². The van der Waals surface area contributed by atoms with Gasteiger partial charge in [0.1, 0.15) is 25.0 Å². The molecule has 0 spiro atoms. The van der Waals surface area contributed by atoms with E-state index < -0.39 is 23.7 Å². The second-order valence-corrected chi connectivity index (χ2v) is 14.1. The molecule has 0 heterocycles. The van der Waals surface area contributed by atoms with Crippen molar-refractivity contribution in [2.45, 2.75) is 24.0 Å². The van der Waals surface area contributed by atoms with Gasteiger partial charge in [-0.15, -0.1) is 9.24 Å². The fourth-order valence-electron chi connectivity index (χ4n) is 7.11. The largest absolute Gasteiger partial charge is 0.473 e. The van der Waals surface area contributed by atoms with Gasteiger partial charge in [0.05, 0.1) is 0 Å². The standard InChI is InChI=1S/C46H39ClNO5P/c1-2-28-51-44(49)43(48-45(50)52-30-40-38-16-8-6-14-36(38)37-15-7-9-17-39(37)40)29-31-20-24-34(25-21-31)53-46(32-12-4-3-5-13-32,33-22-26-35(54)27-23-33)41-18-10-11-19-42(41)47/h2-27,40,43H,1,28-30,54H2,(H,48,50). The van der Waals surface area contributed by atoms with E-state index in [1.165, 1.54) is 6.08 Å². The minimum Gasteiger partial charge on any atom is -0.473 e. The Balaban J connectivity index is 1.12. The van der Waals surface area contributed by atoms with Crippen molar-refractivity contribution < 1.29 is 23.8 Å². The van der Waals surface area contributed by atoms with Crippen LogP contribution in [0.25, 0.3) is 11.1 Å². The average Bonchev–Trinajstić information content (AvgIpc) is 3.53. The molecule has 6 nitrogen and oxygen atoms in total. The maximum Gasteiger partial charge on any atom is 0.407 e. The Morgan fingerprint density at radius 3 is 1.98 bits per heavy atom. The van der Waals surface area contributed by atoms with E-state index in [2.05, 4.69) is 45.4 Å². The Hall–Kier alpha value is -5.68. The van der Waals surface area contributed by atoms with E-state index in [1.807, 2.05) is 127 Å². The SMILES string of the molecule is C=CCOC(=O)C(Cc1ccc(OC(c2ccccc2)(c2ccc(P)cc2)c2ccccc2Cl)cc1)NC(=O)OCC1c2ccccc2-c2ccccc21. The lowest BCUT2D eigenvalue weighted by atomic mass is 9.80. The van der Waals surface area contributed by atoms with Gasteiger partial charge in [-0.3, -0.25) is 0 Å². The van der Waals surface area contributed by atoms with Crippen LogP contribution in [0, 0.1) is 0 Å². The third-order valence-electron chi connectivity index (χ3n) is 9.65. The van der Waals surface area contributed by atoms with E-state index in [4.69, 9.17) is 25.8 Å². The quantitative estimate of drug-likeness (QED) is 0.0551. The highest BCUT2D eigenvalue weighted by Crippen LogP contribution is 2.45. The highest BCUT2D eigenvalue weighted by molar-refractivity contribution is 7.27. The Morgan fingerprint density at radius 2 is 1.33 bits per heavy atom. The summed E-state index contributed by atoms with van der Waals surface area (Å²) in [4.78, 5) is 26.5. The van der Waals surface area contributed by atoms with Crippen molar-refractivity contribution in [3.8, 4) is 16.9 Å². The molecule has 1 aliphatic carbocycles. The minimum absolute atomic E-state index is 0.00972. The molecular formula is C46H39ClNO5P. The number of carbonyl (C=O) groups excluding carboxylic acids is 2. The third-order valence-corrected chi connectivity index (χ3v) is 10.4. The molecule has 3 unspecified atom stereocenters. The monoisotopic (exact) mass is 751 g/mol. The minimum atomic E-state index is -1.10. The second-order valence-electron chi connectivity index (χ2n) is 13.0. The predicted octanol–water partition coefficient (Wildman–Crippen LogP) is 9.39. The van der Waals surface area contributed by atoms with Gasteiger partial charge in [0.15, 0.2) is 5.60 Å². The zero-order valence-corrected chi connectivity index (χ0v) is 31.4. The van der Waals surface area contributed by atoms with Crippen LogP contribution in [0.5, 0.6) is 5.75 Å². The summed E-state index contributed by atoms with van der Waals surface area (Å²) in [7, 11) is 2.72. The Kier molecular flexibility index (Phi) is 11.2. The molecule has 54 heavy (non-hydrogen) atoms. The van der Waals surface area contributed by atoms with Crippen molar-refractivity contribution in [2.75, 3.05) is 13.2 Å². The maximum absolute atomic E-state index is 13.3. The first-order chi connectivity index (χ1) is 26.4. The van der Waals surface area contributed by atoms with Crippen LogP contribution in [0.4, 0.5) is 4.79 Å². The van der Waals surface area contributed by atoms with E-state index >= 15 is 0 Å². The van der Waals surface area contributed by atoms with Crippen LogP contribution in [-0.2, 0) is 26.3 Å². The molecule has 0 saturated heterocycles. The number of hydrogen-bond acceptors (Lipinski definition) is 5. The molecule has 6 aromatic rings. The highest BCUT2D eigenvalue weighted by atomic mass is 35.5. The van der Waals surface area contributed by atoms with Crippen LogP contribution in [0.3, 0.4) is 0 Å². The van der Waals surface area contributed by atoms with Gasteiger partial charge in [0, 0.05) is 34.1 Å². The van der Waals surface area contributed by atoms with Gasteiger partial charge in [-0.25, -0.2) is 9.59 Å². The molecule has 0 radical (unpaired) electrons. The first-order valence-corrected chi connectivity index (χ1v) is 18.7. The van der Waals surface area contributed by atoms with Gasteiger partial charge in [-0.2, -0.15) is 0 Å². The van der Waals surface area contributed by atoms with Crippen LogP contribution in [0.1, 0.15) is 39.3 Å². The number of fused-ring (bicyclic) bond motifs is 3. The third kappa shape index (κ3) is 7.68. The lowest BCUT2D eigenvalue weighted by molar-refractivity contribution is -0.144. The fraction of sp³-hybridized carbons (Fsp3) is 0.130. The number of rotatable bonds is 13. The number of hydrogen-bond donors (Lipinski definition) is 1. The summed E-state index contributed by atoms with van der Waals surface area (Å²) in [5, 5.41) is 4.36. The number of carbonyl (C=O) groups is 2. The molecule has 0 fully saturated rings. The topological polar surface area (TPSA) is 73.9 Å². The zero-order valence-electron chi connectivity index (χ0n) is 29.5. The molecule has 270 valence electrons. The summed E-state index contributed by atoms with van der Waals surface area (Å²) in [6, 6.07) is 48.5. The van der Waals surface area contributed by atoms with Gasteiger partial charge in [-0.05, 0) is 51.3 Å². The molecule has 0 saturated carbocycles. The van der Waals surface area contributed by atoms with Crippen LogP contribution >= 0.6 is 20.8 Å². The van der Waals surface area contributed by atoms with Crippen molar-refractivity contribution in [2.24, 2.45) is 0 Å². The fourth-order valence-corrected chi connectivity index (χ4v) is 7.57. The molecule has 1 amide bonds. The van der Waals surface area contributed by atoms with Crippen molar-refractivity contribution in [1.29, 1.82) is 0 Å². The van der Waals surface area contributed by atoms with E-state index in [0.717, 1.165) is 49.8 Å². The van der Waals surface area contributed by atoms with Crippen molar-refractivity contribution in [1.82, 2.24) is 5.32 Å². The number of benzene rings is 6. The summed E-state index contributed by atoms with van der Waals surface area (Å²) >= 11 is 6.92. The van der Waals surface area contributed by atoms with E-state index in [-0.39, 0.29) is 25.6 Å². The van der Waals surface area contributed by atoms with E-state index in [0.29, 0.717) is 10.8 Å². The number of halogens is 1. The molecule has 6 aromatic carbocycles. The van der Waals surface area contributed by atoms with Crippen LogP contribution in [-0.4, -0.2) is 31.3 Å². The number of alkyl carbamates (subject to hydrolysis) is 1. The molecule has 1 aliphatic rings. The molecule has 0 aliphatic heterocycles. The first-order valence-electron chi connectivity index (χ1n) is 17.7. The highest BCUT2D eigenvalue weighted by Gasteiger charge is 2.41. The zero-order chi connectivity index (χ0) is 37.5. The molecule has 0 bridgehead atoms. The molecule has 0 aromatic heterocycles. The molecule has 8 heteroatoms. The van der Waals surface area contributed by atoms with Gasteiger partial charge < -0.3 is 19.5 Å². The maximum atomic E-state index is 13.3. The summed E-state index contributed by atoms with van der Waals surface area (Å²) in [6.07, 6.45) is 0.935. The number of ether oxygens (including phenoxy) is 3. The van der Waals surface area contributed by atoms with Crippen LogP contribution in [0.15, 0.2) is 164 Å². The normalized spacial score (nSPS) is 13.4. The summed E-state index contributed by atoms with van der Waals surface area (Å²) in [5.74, 6) is -0.134. The smallest absolute Gasteiger partial charge is 0.407 e. The molecule has 7 rings (SSSR count). The Bertz CT molecular complexity index is 2220. The summed E-state index contributed by atoms with van der Waals surface area (Å²) in [6.45, 7) is 3.78. The summed E-state index contributed by atoms with van der Waals surface area (Å²) < 4.78 is 18.2. The molecular weight excluding hydrogens is 713 g/mol. The molecule has 3 atom stereocenters. The summed E-state index contributed by atoms with van der Waals surface area (Å²) in [5.41, 5.74) is 6.73.